The Hall–Kier alpha value is -2.31. The largest absolute Gasteiger partial charge is 0.487 e. The molecule has 0 amide bonds. The van der Waals surface area contributed by atoms with Gasteiger partial charge in [0.2, 0.25) is 0 Å². The second kappa shape index (κ2) is 8.08. The lowest BCUT2D eigenvalue weighted by Crippen LogP contribution is -2.21. The topological polar surface area (TPSA) is 81.9 Å². The summed E-state index contributed by atoms with van der Waals surface area (Å²) in [7, 11) is 3.14. The number of rotatable bonds is 8. The number of hydrogen-bond donors (Lipinski definition) is 0. The molecule has 1 aromatic rings. The standard InChI is InChI=1S/C14H20N2O5/c1-4-9-21-13-10-11(5-6-12(13)16(18)19)15(2)8-7-14(17)20-3/h5-6,10H,4,7-9H2,1-3H3. The average molecular weight is 296 g/mol. The minimum Gasteiger partial charge on any atom is -0.487 e. The fourth-order valence-electron chi connectivity index (χ4n) is 1.71. The maximum Gasteiger partial charge on any atom is 0.311 e. The van der Waals surface area contributed by atoms with E-state index in [9.17, 15) is 14.9 Å². The van der Waals surface area contributed by atoms with E-state index in [2.05, 4.69) is 4.74 Å². The SMILES string of the molecule is CCCOc1cc(N(C)CCC(=O)OC)ccc1[N+](=O)[O-]. The van der Waals surface area contributed by atoms with Gasteiger partial charge in [-0.2, -0.15) is 0 Å². The third kappa shape index (κ3) is 4.94. The molecule has 1 rings (SSSR count). The summed E-state index contributed by atoms with van der Waals surface area (Å²) in [6.07, 6.45) is 1.01. The molecule has 0 unspecified atom stereocenters. The van der Waals surface area contributed by atoms with Crippen LogP contribution in [0.4, 0.5) is 11.4 Å². The molecular formula is C14H20N2O5. The Balaban J connectivity index is 2.87. The molecule has 1 aromatic carbocycles. The highest BCUT2D eigenvalue weighted by Gasteiger charge is 2.17. The van der Waals surface area contributed by atoms with Crippen molar-refractivity contribution >= 4 is 17.3 Å². The molecule has 0 fully saturated rings. The molecule has 0 N–H and O–H groups in total. The lowest BCUT2D eigenvalue weighted by molar-refractivity contribution is -0.385. The number of methoxy groups -OCH3 is 1. The molecule has 0 bridgehead atoms. The molecule has 0 radical (unpaired) electrons. The smallest absolute Gasteiger partial charge is 0.311 e. The van der Waals surface area contributed by atoms with E-state index in [1.54, 1.807) is 19.2 Å². The van der Waals surface area contributed by atoms with Crippen molar-refractivity contribution in [2.24, 2.45) is 0 Å². The van der Waals surface area contributed by atoms with Gasteiger partial charge < -0.3 is 14.4 Å². The van der Waals surface area contributed by atoms with Gasteiger partial charge in [-0.05, 0) is 12.5 Å². The third-order valence-corrected chi connectivity index (χ3v) is 2.92. The number of benzene rings is 1. The number of carbonyl (C=O) groups is 1. The minimum atomic E-state index is -0.469. The van der Waals surface area contributed by atoms with Crippen LogP contribution in [0.2, 0.25) is 0 Å². The van der Waals surface area contributed by atoms with E-state index in [-0.39, 0.29) is 23.8 Å². The van der Waals surface area contributed by atoms with Gasteiger partial charge in [-0.25, -0.2) is 0 Å². The molecule has 0 atom stereocenters. The van der Waals surface area contributed by atoms with Crippen molar-refractivity contribution in [1.82, 2.24) is 0 Å². The molecule has 0 saturated heterocycles. The maximum absolute atomic E-state index is 11.1. The zero-order chi connectivity index (χ0) is 15.8. The van der Waals surface area contributed by atoms with Crippen LogP contribution in [-0.4, -0.2) is 38.2 Å². The number of nitrogens with zero attached hydrogens (tertiary/aromatic N) is 2. The zero-order valence-electron chi connectivity index (χ0n) is 12.5. The summed E-state index contributed by atoms with van der Waals surface area (Å²) in [6, 6.07) is 4.66. The normalized spacial score (nSPS) is 10.0. The number of nitro benzene ring substituents is 1. The summed E-state index contributed by atoms with van der Waals surface area (Å²) in [6.45, 7) is 2.80. The quantitative estimate of drug-likeness (QED) is 0.416. The molecule has 21 heavy (non-hydrogen) atoms. The first-order valence-corrected chi connectivity index (χ1v) is 6.68. The van der Waals surface area contributed by atoms with Crippen LogP contribution in [0.15, 0.2) is 18.2 Å². The molecule has 0 heterocycles. The molecule has 0 aromatic heterocycles. The van der Waals surface area contributed by atoms with E-state index in [1.165, 1.54) is 13.2 Å². The van der Waals surface area contributed by atoms with Gasteiger partial charge in [-0.1, -0.05) is 6.92 Å². The highest BCUT2D eigenvalue weighted by molar-refractivity contribution is 5.70. The number of anilines is 1. The number of nitro groups is 1. The molecule has 0 aliphatic carbocycles. The molecule has 7 nitrogen and oxygen atoms in total. The van der Waals surface area contributed by atoms with Crippen molar-refractivity contribution in [3.05, 3.63) is 28.3 Å². The minimum absolute atomic E-state index is 0.0615. The van der Waals surface area contributed by atoms with Gasteiger partial charge in [-0.3, -0.25) is 14.9 Å². The summed E-state index contributed by atoms with van der Waals surface area (Å²) >= 11 is 0. The van der Waals surface area contributed by atoms with Crippen molar-refractivity contribution in [2.75, 3.05) is 32.2 Å². The Labute approximate surface area is 123 Å². The molecule has 0 aliphatic rings. The van der Waals surface area contributed by atoms with Gasteiger partial charge in [0.15, 0.2) is 5.75 Å². The zero-order valence-corrected chi connectivity index (χ0v) is 12.5. The van der Waals surface area contributed by atoms with E-state index < -0.39 is 4.92 Å². The van der Waals surface area contributed by atoms with Crippen molar-refractivity contribution in [3.63, 3.8) is 0 Å². The van der Waals surface area contributed by atoms with Crippen LogP contribution in [0.1, 0.15) is 19.8 Å². The van der Waals surface area contributed by atoms with Gasteiger partial charge in [0.1, 0.15) is 0 Å². The van der Waals surface area contributed by atoms with E-state index >= 15 is 0 Å². The number of hydrogen-bond acceptors (Lipinski definition) is 6. The van der Waals surface area contributed by atoms with Crippen molar-refractivity contribution < 1.29 is 19.2 Å². The summed E-state index contributed by atoms with van der Waals surface area (Å²) in [5.74, 6) is -0.0597. The Morgan fingerprint density at radius 1 is 1.43 bits per heavy atom. The molecule has 0 saturated carbocycles. The molecule has 0 spiro atoms. The first kappa shape index (κ1) is 16.7. The van der Waals surface area contributed by atoms with Crippen LogP contribution in [-0.2, 0) is 9.53 Å². The van der Waals surface area contributed by atoms with Crippen molar-refractivity contribution in [3.8, 4) is 5.75 Å². The lowest BCUT2D eigenvalue weighted by Gasteiger charge is -2.19. The monoisotopic (exact) mass is 296 g/mol. The summed E-state index contributed by atoms with van der Waals surface area (Å²) < 4.78 is 10.0. The van der Waals surface area contributed by atoms with Crippen LogP contribution in [0, 0.1) is 10.1 Å². The van der Waals surface area contributed by atoms with Gasteiger partial charge >= 0.3 is 11.7 Å². The van der Waals surface area contributed by atoms with E-state index in [4.69, 9.17) is 4.74 Å². The van der Waals surface area contributed by atoms with Crippen LogP contribution < -0.4 is 9.64 Å². The Morgan fingerprint density at radius 2 is 2.14 bits per heavy atom. The number of ether oxygens (including phenoxy) is 2. The third-order valence-electron chi connectivity index (χ3n) is 2.92. The summed E-state index contributed by atoms with van der Waals surface area (Å²) in [5.41, 5.74) is 0.684. The van der Waals surface area contributed by atoms with Gasteiger partial charge in [0, 0.05) is 31.4 Å². The van der Waals surface area contributed by atoms with Crippen LogP contribution in [0.25, 0.3) is 0 Å². The Kier molecular flexibility index (Phi) is 6.45. The van der Waals surface area contributed by atoms with Crippen LogP contribution >= 0.6 is 0 Å². The first-order chi connectivity index (χ1) is 9.99. The molecule has 0 aliphatic heterocycles. The average Bonchev–Trinajstić information content (AvgIpc) is 2.49. The second-order valence-electron chi connectivity index (χ2n) is 4.51. The highest BCUT2D eigenvalue weighted by atomic mass is 16.6. The highest BCUT2D eigenvalue weighted by Crippen LogP contribution is 2.31. The van der Waals surface area contributed by atoms with Gasteiger partial charge in [-0.15, -0.1) is 0 Å². The van der Waals surface area contributed by atoms with E-state index in [1.807, 2.05) is 11.8 Å². The second-order valence-corrected chi connectivity index (χ2v) is 4.51. The van der Waals surface area contributed by atoms with Crippen LogP contribution in [0.3, 0.4) is 0 Å². The predicted molar refractivity (Wildman–Crippen MR) is 78.8 cm³/mol. The molecule has 116 valence electrons. The number of esters is 1. The van der Waals surface area contributed by atoms with E-state index in [0.29, 0.717) is 13.2 Å². The first-order valence-electron chi connectivity index (χ1n) is 6.68. The molecule has 7 heteroatoms. The maximum atomic E-state index is 11.1. The summed E-state index contributed by atoms with van der Waals surface area (Å²) in [4.78, 5) is 23.5. The van der Waals surface area contributed by atoms with Crippen molar-refractivity contribution in [1.29, 1.82) is 0 Å². The Bertz CT molecular complexity index is 504. The number of carbonyl (C=O) groups excluding carboxylic acids is 1. The summed E-state index contributed by atoms with van der Waals surface area (Å²) in [5, 5.41) is 11.0. The van der Waals surface area contributed by atoms with Crippen molar-refractivity contribution in [2.45, 2.75) is 19.8 Å². The van der Waals surface area contributed by atoms with Gasteiger partial charge in [0.25, 0.3) is 0 Å². The fourth-order valence-corrected chi connectivity index (χ4v) is 1.71. The molecular weight excluding hydrogens is 276 g/mol. The Morgan fingerprint density at radius 3 is 2.71 bits per heavy atom. The lowest BCUT2D eigenvalue weighted by atomic mass is 10.2. The fraction of sp³-hybridized carbons (Fsp3) is 0.500. The van der Waals surface area contributed by atoms with E-state index in [0.717, 1.165) is 12.1 Å². The predicted octanol–water partition coefficient (Wildman–Crippen LogP) is 2.38. The van der Waals surface area contributed by atoms with Crippen LogP contribution in [0.5, 0.6) is 5.75 Å². The van der Waals surface area contributed by atoms with Gasteiger partial charge in [0.05, 0.1) is 25.1 Å².